The maximum absolute atomic E-state index is 12.4. The molecule has 1 aromatic carbocycles. The number of aryl methyl sites for hydroxylation is 3. The number of aliphatic hydroxyl groups is 1. The number of benzene rings is 1. The molecule has 0 aliphatic rings. The van der Waals surface area contributed by atoms with Crippen LogP contribution in [-0.4, -0.2) is 41.5 Å². The van der Waals surface area contributed by atoms with E-state index in [1.807, 2.05) is 58.7 Å². The minimum Gasteiger partial charge on any atom is -0.394 e. The molecule has 0 atom stereocenters. The Morgan fingerprint density at radius 1 is 1.21 bits per heavy atom. The minimum absolute atomic E-state index is 0.0304. The third-order valence-corrected chi connectivity index (χ3v) is 3.76. The second-order valence-electron chi connectivity index (χ2n) is 6.02. The number of hydrogen-bond acceptors (Lipinski definition) is 3. The number of carbonyl (C=O) groups is 1. The van der Waals surface area contributed by atoms with Crippen LogP contribution in [-0.2, 0) is 0 Å². The summed E-state index contributed by atoms with van der Waals surface area (Å²) in [5.74, 6) is 0.110. The van der Waals surface area contributed by atoms with Gasteiger partial charge in [-0.25, -0.2) is 0 Å². The lowest BCUT2D eigenvalue weighted by Gasteiger charge is -2.33. The fourth-order valence-corrected chi connectivity index (χ4v) is 2.25. The number of hydrogen-bond donors (Lipinski definition) is 1. The average Bonchev–Trinajstić information content (AvgIpc) is 2.27. The molecule has 0 radical (unpaired) electrons. The highest BCUT2D eigenvalue weighted by Crippen LogP contribution is 2.19. The number of carbonyl (C=O) groups excluding carboxylic acids is 1. The van der Waals surface area contributed by atoms with Crippen molar-refractivity contribution in [3.05, 3.63) is 34.4 Å². The van der Waals surface area contributed by atoms with Gasteiger partial charge in [-0.2, -0.15) is 0 Å². The molecule has 3 nitrogen and oxygen atoms in total. The molecule has 3 heteroatoms. The molecule has 1 aromatic rings. The molecule has 1 rings (SSSR count). The lowest BCUT2D eigenvalue weighted by atomic mass is 9.95. The van der Waals surface area contributed by atoms with Gasteiger partial charge in [0.2, 0.25) is 0 Å². The summed E-state index contributed by atoms with van der Waals surface area (Å²) in [5.41, 5.74) is 3.65. The van der Waals surface area contributed by atoms with Crippen molar-refractivity contribution in [1.82, 2.24) is 4.90 Å². The van der Waals surface area contributed by atoms with Gasteiger partial charge in [-0.15, -0.1) is 0 Å². The van der Waals surface area contributed by atoms with Crippen molar-refractivity contribution in [2.45, 2.75) is 40.2 Å². The Balaban J connectivity index is 2.97. The molecule has 0 unspecified atom stereocenters. The monoisotopic (exact) mass is 263 g/mol. The topological polar surface area (TPSA) is 40.5 Å². The fourth-order valence-electron chi connectivity index (χ4n) is 2.25. The van der Waals surface area contributed by atoms with E-state index in [1.165, 1.54) is 5.56 Å². The molecule has 0 bridgehead atoms. The smallest absolute Gasteiger partial charge is 0.177 e. The molecule has 106 valence electrons. The van der Waals surface area contributed by atoms with E-state index in [1.54, 1.807) is 0 Å². The van der Waals surface area contributed by atoms with E-state index in [9.17, 15) is 9.90 Å². The van der Waals surface area contributed by atoms with Crippen molar-refractivity contribution in [1.29, 1.82) is 0 Å². The van der Waals surface area contributed by atoms with Gasteiger partial charge in [0.1, 0.15) is 0 Å². The van der Waals surface area contributed by atoms with Crippen LogP contribution in [0.4, 0.5) is 0 Å². The highest BCUT2D eigenvalue weighted by atomic mass is 16.3. The first-order valence-electron chi connectivity index (χ1n) is 6.62. The van der Waals surface area contributed by atoms with Crippen molar-refractivity contribution in [3.63, 3.8) is 0 Å². The van der Waals surface area contributed by atoms with Crippen LogP contribution in [0.2, 0.25) is 0 Å². The minimum atomic E-state index is -0.387. The molecule has 0 amide bonds. The van der Waals surface area contributed by atoms with Gasteiger partial charge in [-0.05, 0) is 52.8 Å². The molecule has 0 aliphatic heterocycles. The van der Waals surface area contributed by atoms with E-state index in [4.69, 9.17) is 0 Å². The molecular formula is C16H25NO2. The van der Waals surface area contributed by atoms with Gasteiger partial charge < -0.3 is 5.11 Å². The Morgan fingerprint density at radius 2 is 1.68 bits per heavy atom. The number of likely N-dealkylation sites (N-methyl/N-ethyl adjacent to an activating group) is 1. The lowest BCUT2D eigenvalue weighted by Crippen LogP contribution is -2.46. The molecule has 1 N–H and O–H groups in total. The van der Waals surface area contributed by atoms with Gasteiger partial charge in [0.05, 0.1) is 13.2 Å². The predicted octanol–water partition coefficient (Wildman–Crippen LogP) is 2.50. The lowest BCUT2D eigenvalue weighted by molar-refractivity contribution is 0.0658. The summed E-state index contributed by atoms with van der Waals surface area (Å²) in [6.45, 7) is 10.2. The van der Waals surface area contributed by atoms with Crippen molar-refractivity contribution in [2.24, 2.45) is 0 Å². The molecule has 0 heterocycles. The zero-order valence-electron chi connectivity index (χ0n) is 12.9. The van der Waals surface area contributed by atoms with E-state index in [-0.39, 0.29) is 17.9 Å². The zero-order valence-corrected chi connectivity index (χ0v) is 12.9. The molecule has 0 aliphatic carbocycles. The summed E-state index contributed by atoms with van der Waals surface area (Å²) in [5, 5.41) is 9.34. The molecular weight excluding hydrogens is 238 g/mol. The molecule has 0 spiro atoms. The summed E-state index contributed by atoms with van der Waals surface area (Å²) in [7, 11) is 1.87. The Bertz CT molecular complexity index is 455. The van der Waals surface area contributed by atoms with Gasteiger partial charge in [0.15, 0.2) is 5.78 Å². The van der Waals surface area contributed by atoms with Crippen LogP contribution in [0.15, 0.2) is 12.1 Å². The van der Waals surface area contributed by atoms with Crippen LogP contribution in [0, 0.1) is 20.8 Å². The van der Waals surface area contributed by atoms with Gasteiger partial charge in [-0.3, -0.25) is 9.69 Å². The first kappa shape index (κ1) is 15.9. The maximum Gasteiger partial charge on any atom is 0.177 e. The molecule has 0 aromatic heterocycles. The Morgan fingerprint density at radius 3 is 2.11 bits per heavy atom. The normalized spacial score (nSPS) is 12.0. The van der Waals surface area contributed by atoms with Crippen LogP contribution in [0.5, 0.6) is 0 Å². The number of rotatable bonds is 5. The van der Waals surface area contributed by atoms with Gasteiger partial charge >= 0.3 is 0 Å². The summed E-state index contributed by atoms with van der Waals surface area (Å²) >= 11 is 0. The molecule has 19 heavy (non-hydrogen) atoms. The van der Waals surface area contributed by atoms with Gasteiger partial charge in [-0.1, -0.05) is 17.7 Å². The number of Topliss-reactive ketones (excluding diaryl/α,β-unsaturated/α-hetero) is 1. The van der Waals surface area contributed by atoms with Crippen molar-refractivity contribution < 1.29 is 9.90 Å². The third kappa shape index (κ3) is 3.64. The number of nitrogens with zero attached hydrogens (tertiary/aromatic N) is 1. The number of aliphatic hydroxyl groups excluding tert-OH is 1. The maximum atomic E-state index is 12.4. The highest BCUT2D eigenvalue weighted by Gasteiger charge is 2.25. The van der Waals surface area contributed by atoms with E-state index < -0.39 is 0 Å². The van der Waals surface area contributed by atoms with E-state index in [0.29, 0.717) is 6.54 Å². The molecule has 0 saturated carbocycles. The van der Waals surface area contributed by atoms with Crippen LogP contribution in [0.3, 0.4) is 0 Å². The van der Waals surface area contributed by atoms with Crippen LogP contribution < -0.4 is 0 Å². The largest absolute Gasteiger partial charge is 0.394 e. The summed E-state index contributed by atoms with van der Waals surface area (Å²) < 4.78 is 0. The Labute approximate surface area is 116 Å². The Kier molecular flexibility index (Phi) is 4.88. The van der Waals surface area contributed by atoms with Crippen molar-refractivity contribution >= 4 is 5.78 Å². The first-order chi connectivity index (χ1) is 8.69. The Hall–Kier alpha value is -1.19. The fraction of sp³-hybridized carbons (Fsp3) is 0.562. The molecule has 0 fully saturated rings. The molecule has 0 saturated heterocycles. The van der Waals surface area contributed by atoms with Crippen LogP contribution >= 0.6 is 0 Å². The van der Waals surface area contributed by atoms with E-state index >= 15 is 0 Å². The highest BCUT2D eigenvalue weighted by molar-refractivity contribution is 6.00. The van der Waals surface area contributed by atoms with Crippen molar-refractivity contribution in [3.8, 4) is 0 Å². The zero-order chi connectivity index (χ0) is 14.8. The second-order valence-corrected chi connectivity index (χ2v) is 6.02. The van der Waals surface area contributed by atoms with Gasteiger partial charge in [0, 0.05) is 11.1 Å². The summed E-state index contributed by atoms with van der Waals surface area (Å²) in [6, 6.07) is 4.08. The van der Waals surface area contributed by atoms with Crippen LogP contribution in [0.25, 0.3) is 0 Å². The quantitative estimate of drug-likeness (QED) is 0.830. The standard InChI is InChI=1S/C16H25NO2/c1-11-7-12(2)15(13(3)8-11)14(19)9-17(6)16(4,5)10-18/h7-8,18H,9-10H2,1-6H3. The average molecular weight is 263 g/mol. The number of ketones is 1. The second kappa shape index (κ2) is 5.85. The van der Waals surface area contributed by atoms with E-state index in [0.717, 1.165) is 16.7 Å². The summed E-state index contributed by atoms with van der Waals surface area (Å²) in [6.07, 6.45) is 0. The van der Waals surface area contributed by atoms with Crippen molar-refractivity contribution in [2.75, 3.05) is 20.2 Å². The summed E-state index contributed by atoms with van der Waals surface area (Å²) in [4.78, 5) is 14.3. The van der Waals surface area contributed by atoms with Gasteiger partial charge in [0.25, 0.3) is 0 Å². The predicted molar refractivity (Wildman–Crippen MR) is 78.8 cm³/mol. The third-order valence-electron chi connectivity index (χ3n) is 3.76. The first-order valence-corrected chi connectivity index (χ1v) is 6.62. The SMILES string of the molecule is Cc1cc(C)c(C(=O)CN(C)C(C)(C)CO)c(C)c1. The van der Waals surface area contributed by atoms with Crippen LogP contribution in [0.1, 0.15) is 40.9 Å². The van der Waals surface area contributed by atoms with E-state index in [2.05, 4.69) is 0 Å².